The van der Waals surface area contributed by atoms with Crippen LogP contribution in [0.25, 0.3) is 0 Å². The van der Waals surface area contributed by atoms with Crippen LogP contribution >= 0.6 is 7.82 Å². The fourth-order valence-electron chi connectivity index (χ4n) is 1.51. The molecule has 2 N–H and O–H groups in total. The number of carbonyl (C=O) groups is 1. The highest BCUT2D eigenvalue weighted by molar-refractivity contribution is 7.46. The lowest BCUT2D eigenvalue weighted by Gasteiger charge is -2.34. The van der Waals surface area contributed by atoms with Gasteiger partial charge in [0.25, 0.3) is 0 Å². The second-order valence-corrected chi connectivity index (χ2v) is 6.61. The Morgan fingerprint density at radius 1 is 1.24 bits per heavy atom. The lowest BCUT2D eigenvalue weighted by atomic mass is 10.2. The quantitative estimate of drug-likeness (QED) is 0.635. The molecule has 7 nitrogen and oxygen atoms in total. The number of carbonyl (C=O) groups excluding carboxylic acids is 1. The van der Waals surface area contributed by atoms with Gasteiger partial charge in [-0.3, -0.25) is 14.6 Å². The van der Waals surface area contributed by atoms with Crippen molar-refractivity contribution in [1.29, 1.82) is 0 Å². The Hall–Kier alpha value is -1.40. The molecule has 118 valence electrons. The van der Waals surface area contributed by atoms with Crippen LogP contribution in [0.2, 0.25) is 0 Å². The Kier molecular flexibility index (Phi) is 5.53. The van der Waals surface area contributed by atoms with Crippen LogP contribution < -0.4 is 5.06 Å². The van der Waals surface area contributed by atoms with Gasteiger partial charge in [-0.25, -0.2) is 14.4 Å². The van der Waals surface area contributed by atoms with Gasteiger partial charge in [0.15, 0.2) is 6.04 Å². The number of phosphoric acid groups is 1. The fraction of sp³-hybridized carbons (Fsp3) is 0.462. The third-order valence-electron chi connectivity index (χ3n) is 2.28. The van der Waals surface area contributed by atoms with Crippen molar-refractivity contribution in [3.63, 3.8) is 0 Å². The van der Waals surface area contributed by atoms with E-state index >= 15 is 0 Å². The Bertz CT molecular complexity index is 521. The van der Waals surface area contributed by atoms with Gasteiger partial charge in [-0.05, 0) is 39.8 Å². The van der Waals surface area contributed by atoms with Gasteiger partial charge >= 0.3 is 13.8 Å². The zero-order valence-electron chi connectivity index (χ0n) is 12.4. The van der Waals surface area contributed by atoms with Crippen LogP contribution in [0.4, 0.5) is 5.69 Å². The molecule has 0 saturated carbocycles. The highest BCUT2D eigenvalue weighted by Gasteiger charge is 2.32. The van der Waals surface area contributed by atoms with Crippen molar-refractivity contribution in [1.82, 2.24) is 0 Å². The molecule has 8 heteroatoms. The number of hydroxylamine groups is 1. The molecule has 0 spiro atoms. The first-order valence-corrected chi connectivity index (χ1v) is 7.85. The minimum atomic E-state index is -4.89. The van der Waals surface area contributed by atoms with Gasteiger partial charge in [-0.1, -0.05) is 18.2 Å². The third-order valence-corrected chi connectivity index (χ3v) is 2.70. The SMILES string of the molecule is C[C@@H](C(=O)OP(=O)(O)O)N(OC(C)(C)C)c1ccccc1. The molecule has 1 aromatic carbocycles. The largest absolute Gasteiger partial charge is 0.527 e. The Balaban J connectivity index is 3.01. The van der Waals surface area contributed by atoms with Gasteiger partial charge in [0.2, 0.25) is 0 Å². The van der Waals surface area contributed by atoms with Crippen molar-refractivity contribution in [2.75, 3.05) is 5.06 Å². The summed E-state index contributed by atoms with van der Waals surface area (Å²) in [7, 11) is -4.89. The molecule has 0 heterocycles. The summed E-state index contributed by atoms with van der Waals surface area (Å²) < 4.78 is 14.9. The van der Waals surface area contributed by atoms with E-state index in [9.17, 15) is 9.36 Å². The number of rotatable bonds is 5. The number of nitrogens with zero attached hydrogens (tertiary/aromatic N) is 1. The molecule has 0 aromatic heterocycles. The number of para-hydroxylation sites is 1. The predicted molar refractivity (Wildman–Crippen MR) is 77.4 cm³/mol. The molecule has 0 fully saturated rings. The first kappa shape index (κ1) is 17.7. The van der Waals surface area contributed by atoms with E-state index in [0.717, 1.165) is 0 Å². The predicted octanol–water partition coefficient (Wildman–Crippen LogP) is 2.25. The minimum Gasteiger partial charge on any atom is -0.369 e. The van der Waals surface area contributed by atoms with Crippen LogP contribution in [0.1, 0.15) is 27.7 Å². The molecule has 0 bridgehead atoms. The topological polar surface area (TPSA) is 96.3 Å². The zero-order valence-corrected chi connectivity index (χ0v) is 13.3. The van der Waals surface area contributed by atoms with Crippen LogP contribution in [0.3, 0.4) is 0 Å². The molecule has 0 aliphatic carbocycles. The maximum atomic E-state index is 11.8. The Labute approximate surface area is 123 Å². The van der Waals surface area contributed by atoms with Crippen molar-refractivity contribution in [3.05, 3.63) is 30.3 Å². The highest BCUT2D eigenvalue weighted by atomic mass is 31.2. The zero-order chi connectivity index (χ0) is 16.3. The summed E-state index contributed by atoms with van der Waals surface area (Å²) in [5, 5.41) is 1.28. The second kappa shape index (κ2) is 6.58. The van der Waals surface area contributed by atoms with Crippen LogP contribution in [-0.2, 0) is 18.7 Å². The van der Waals surface area contributed by atoms with Crippen molar-refractivity contribution in [2.24, 2.45) is 0 Å². The molecule has 1 rings (SSSR count). The molecule has 0 saturated heterocycles. The van der Waals surface area contributed by atoms with E-state index in [2.05, 4.69) is 4.52 Å². The molecule has 0 radical (unpaired) electrons. The van der Waals surface area contributed by atoms with E-state index in [1.807, 2.05) is 0 Å². The van der Waals surface area contributed by atoms with E-state index in [0.29, 0.717) is 5.69 Å². The van der Waals surface area contributed by atoms with Crippen LogP contribution in [0, 0.1) is 0 Å². The van der Waals surface area contributed by atoms with Gasteiger partial charge in [0, 0.05) is 0 Å². The van der Waals surface area contributed by atoms with Gasteiger partial charge in [0.1, 0.15) is 0 Å². The lowest BCUT2D eigenvalue weighted by Crippen LogP contribution is -2.44. The summed E-state index contributed by atoms with van der Waals surface area (Å²) in [6.07, 6.45) is 0. The first-order valence-electron chi connectivity index (χ1n) is 6.32. The number of hydrogen-bond acceptors (Lipinski definition) is 5. The summed E-state index contributed by atoms with van der Waals surface area (Å²) in [5.74, 6) is -1.07. The molecule has 1 aromatic rings. The smallest absolute Gasteiger partial charge is 0.369 e. The molecule has 0 aliphatic rings. The number of hydrogen-bond donors (Lipinski definition) is 2. The van der Waals surface area contributed by atoms with E-state index in [4.69, 9.17) is 14.6 Å². The second-order valence-electron chi connectivity index (χ2n) is 5.44. The van der Waals surface area contributed by atoms with E-state index in [1.165, 1.54) is 12.0 Å². The van der Waals surface area contributed by atoms with Gasteiger partial charge in [0.05, 0.1) is 11.3 Å². The summed E-state index contributed by atoms with van der Waals surface area (Å²) in [4.78, 5) is 35.0. The van der Waals surface area contributed by atoms with Crippen molar-refractivity contribution in [2.45, 2.75) is 39.3 Å². The van der Waals surface area contributed by atoms with Crippen LogP contribution in [0.5, 0.6) is 0 Å². The molecular formula is C13H20NO6P. The summed E-state index contributed by atoms with van der Waals surface area (Å²) in [6, 6.07) is 7.72. The molecule has 0 amide bonds. The summed E-state index contributed by atoms with van der Waals surface area (Å²) in [5.41, 5.74) is -0.0328. The summed E-state index contributed by atoms with van der Waals surface area (Å²) >= 11 is 0. The van der Waals surface area contributed by atoms with Crippen LogP contribution in [0.15, 0.2) is 30.3 Å². The van der Waals surface area contributed by atoms with Gasteiger partial charge < -0.3 is 4.52 Å². The molecular weight excluding hydrogens is 297 g/mol. The standard InChI is InChI=1S/C13H20NO6P/c1-10(12(15)19-21(16,17)18)14(20-13(2,3)4)11-8-6-5-7-9-11/h5-10H,1-4H3,(H2,16,17,18)/t10-/m0/s1. The first-order chi connectivity index (χ1) is 9.49. The molecule has 1 atom stereocenters. The van der Waals surface area contributed by atoms with Gasteiger partial charge in [-0.2, -0.15) is 0 Å². The molecule has 21 heavy (non-hydrogen) atoms. The van der Waals surface area contributed by atoms with Crippen LogP contribution in [-0.4, -0.2) is 27.4 Å². The molecule has 0 aliphatic heterocycles. The Morgan fingerprint density at radius 3 is 2.19 bits per heavy atom. The number of anilines is 1. The van der Waals surface area contributed by atoms with E-state index in [-0.39, 0.29) is 0 Å². The number of phosphoric ester groups is 1. The lowest BCUT2D eigenvalue weighted by molar-refractivity contribution is -0.141. The fourth-order valence-corrected chi connectivity index (χ4v) is 1.90. The van der Waals surface area contributed by atoms with Crippen molar-refractivity contribution in [3.8, 4) is 0 Å². The van der Waals surface area contributed by atoms with Gasteiger partial charge in [-0.15, -0.1) is 0 Å². The van der Waals surface area contributed by atoms with E-state index < -0.39 is 25.4 Å². The normalized spacial score (nSPS) is 13.6. The monoisotopic (exact) mass is 317 g/mol. The summed E-state index contributed by atoms with van der Waals surface area (Å²) in [6.45, 7) is 6.83. The van der Waals surface area contributed by atoms with E-state index in [1.54, 1.807) is 51.1 Å². The van der Waals surface area contributed by atoms with Crippen molar-refractivity contribution >= 4 is 19.5 Å². The molecule has 0 unspecified atom stereocenters. The Morgan fingerprint density at radius 2 is 1.76 bits per heavy atom. The highest BCUT2D eigenvalue weighted by Crippen LogP contribution is 2.37. The average Bonchev–Trinajstić information content (AvgIpc) is 2.33. The average molecular weight is 317 g/mol. The van der Waals surface area contributed by atoms with Crippen molar-refractivity contribution < 1.29 is 28.5 Å². The maximum absolute atomic E-state index is 11.8. The maximum Gasteiger partial charge on any atom is 0.527 e. The minimum absolute atomic E-state index is 0.572. The number of benzene rings is 1. The third kappa shape index (κ3) is 6.27.